The Morgan fingerprint density at radius 2 is 1.73 bits per heavy atom. The first-order valence-corrected chi connectivity index (χ1v) is 6.12. The summed E-state index contributed by atoms with van der Waals surface area (Å²) in [6, 6.07) is 1.83. The van der Waals surface area contributed by atoms with Crippen molar-refractivity contribution in [1.82, 2.24) is 0 Å². The molecule has 6 nitrogen and oxygen atoms in total. The molecule has 8 heteroatoms. The molecule has 0 amide bonds. The van der Waals surface area contributed by atoms with Crippen molar-refractivity contribution in [3.8, 4) is 0 Å². The molecule has 0 unspecified atom stereocenters. The third kappa shape index (κ3) is 2.95. The summed E-state index contributed by atoms with van der Waals surface area (Å²) in [6.45, 7) is 2.73. The number of aldehydes is 1. The number of halogens is 2. The summed E-state index contributed by atoms with van der Waals surface area (Å²) in [6.07, 6.45) is 1.09. The largest absolute Gasteiger partial charge is 0.419 e. The quantitative estimate of drug-likeness (QED) is 0.397. The van der Waals surface area contributed by atoms with Crippen LogP contribution < -0.4 is 5.32 Å². The van der Waals surface area contributed by atoms with E-state index in [1.54, 1.807) is 0 Å². The van der Waals surface area contributed by atoms with Gasteiger partial charge in [0.25, 0.3) is 5.79 Å². The summed E-state index contributed by atoms with van der Waals surface area (Å²) in [7, 11) is 0. The number of benzene rings is 1. The molecule has 1 aromatic rings. The van der Waals surface area contributed by atoms with E-state index in [4.69, 9.17) is 9.47 Å². The summed E-state index contributed by atoms with van der Waals surface area (Å²) < 4.78 is 36.5. The summed E-state index contributed by atoms with van der Waals surface area (Å²) in [5, 5.41) is 2.22. The van der Waals surface area contributed by atoms with Crippen LogP contribution in [0, 0.1) is 11.6 Å². The van der Waals surface area contributed by atoms with E-state index in [1.807, 2.05) is 0 Å². The maximum atomic E-state index is 13.7. The molecule has 0 saturated carbocycles. The molecule has 1 fully saturated rings. The van der Waals surface area contributed by atoms with Crippen LogP contribution in [0.5, 0.6) is 0 Å². The predicted molar refractivity (Wildman–Crippen MR) is 69.7 cm³/mol. The smallest absolute Gasteiger partial charge is 0.350 e. The second-order valence-corrected chi connectivity index (χ2v) is 4.82. The molecule has 1 aliphatic rings. The van der Waals surface area contributed by atoms with Gasteiger partial charge in [0.2, 0.25) is 0 Å². The van der Waals surface area contributed by atoms with Gasteiger partial charge in [-0.3, -0.25) is 4.79 Å². The zero-order valence-electron chi connectivity index (χ0n) is 11.6. The van der Waals surface area contributed by atoms with Crippen molar-refractivity contribution >= 4 is 23.9 Å². The molecule has 116 valence electrons. The van der Waals surface area contributed by atoms with Gasteiger partial charge in [-0.2, -0.15) is 0 Å². The third-order valence-electron chi connectivity index (χ3n) is 2.73. The predicted octanol–water partition coefficient (Wildman–Crippen LogP) is 1.91. The van der Waals surface area contributed by atoms with Crippen molar-refractivity contribution in [2.24, 2.45) is 0 Å². The van der Waals surface area contributed by atoms with Crippen LogP contribution in [0.1, 0.15) is 24.2 Å². The Kier molecular flexibility index (Phi) is 3.94. The normalized spacial score (nSPS) is 16.6. The molecule has 1 heterocycles. The number of nitrogens with one attached hydrogen (secondary N) is 1. The number of carbonyl (C=O) groups excluding carboxylic acids is 3. The monoisotopic (exact) mass is 311 g/mol. The minimum Gasteiger partial charge on any atom is -0.419 e. The highest BCUT2D eigenvalue weighted by Gasteiger charge is 2.39. The van der Waals surface area contributed by atoms with Crippen LogP contribution in [0.15, 0.2) is 23.9 Å². The topological polar surface area (TPSA) is 81.7 Å². The van der Waals surface area contributed by atoms with Crippen molar-refractivity contribution in [1.29, 1.82) is 0 Å². The van der Waals surface area contributed by atoms with Gasteiger partial charge in [-0.25, -0.2) is 18.4 Å². The standard InChI is InChI=1S/C14H11F2NO5/c1-14(2)21-12(19)8(13(20)22-14)5-17-11-7(6-18)3-4-9(15)10(11)16/h3-6,17H,1-2H3. The van der Waals surface area contributed by atoms with Gasteiger partial charge in [0.1, 0.15) is 0 Å². The van der Waals surface area contributed by atoms with Crippen molar-refractivity contribution < 1.29 is 32.6 Å². The summed E-state index contributed by atoms with van der Waals surface area (Å²) in [5.74, 6) is -5.90. The Balaban J connectivity index is 2.33. The van der Waals surface area contributed by atoms with E-state index >= 15 is 0 Å². The van der Waals surface area contributed by atoms with Crippen LogP contribution in [-0.4, -0.2) is 24.0 Å². The number of rotatable bonds is 3. The highest BCUT2D eigenvalue weighted by Crippen LogP contribution is 2.25. The third-order valence-corrected chi connectivity index (χ3v) is 2.73. The zero-order valence-corrected chi connectivity index (χ0v) is 11.6. The number of cyclic esters (lactones) is 2. The van der Waals surface area contributed by atoms with Gasteiger partial charge in [-0.15, -0.1) is 0 Å². The van der Waals surface area contributed by atoms with Gasteiger partial charge >= 0.3 is 11.9 Å². The minimum atomic E-state index is -1.41. The SMILES string of the molecule is CC1(C)OC(=O)C(=CNc2c(C=O)ccc(F)c2F)C(=O)O1. The molecular formula is C14H11F2NO5. The molecule has 0 atom stereocenters. The maximum absolute atomic E-state index is 13.7. The number of hydrogen-bond acceptors (Lipinski definition) is 6. The first-order chi connectivity index (χ1) is 10.2. The first kappa shape index (κ1) is 15.6. The Morgan fingerprint density at radius 3 is 2.27 bits per heavy atom. The molecule has 0 aromatic heterocycles. The number of esters is 2. The molecular weight excluding hydrogens is 300 g/mol. The van der Waals surface area contributed by atoms with Crippen LogP contribution >= 0.6 is 0 Å². The molecule has 1 aliphatic heterocycles. The van der Waals surface area contributed by atoms with Crippen molar-refractivity contribution in [3.63, 3.8) is 0 Å². The van der Waals surface area contributed by atoms with Gasteiger partial charge < -0.3 is 14.8 Å². The molecule has 1 aromatic carbocycles. The molecule has 2 rings (SSSR count). The molecule has 0 radical (unpaired) electrons. The number of ether oxygens (including phenoxy) is 2. The van der Waals surface area contributed by atoms with Crippen LogP contribution in [0.4, 0.5) is 14.5 Å². The average Bonchev–Trinajstić information content (AvgIpc) is 2.41. The molecule has 0 aliphatic carbocycles. The fraction of sp³-hybridized carbons (Fsp3) is 0.214. The van der Waals surface area contributed by atoms with E-state index in [-0.39, 0.29) is 5.56 Å². The molecule has 22 heavy (non-hydrogen) atoms. The van der Waals surface area contributed by atoms with Crippen LogP contribution in [-0.2, 0) is 19.1 Å². The highest BCUT2D eigenvalue weighted by molar-refractivity contribution is 6.15. The fourth-order valence-corrected chi connectivity index (χ4v) is 1.73. The van der Waals surface area contributed by atoms with Gasteiger partial charge in [0.05, 0.1) is 5.69 Å². The van der Waals surface area contributed by atoms with Crippen LogP contribution in [0.25, 0.3) is 0 Å². The Morgan fingerprint density at radius 1 is 1.14 bits per heavy atom. The van der Waals surface area contributed by atoms with E-state index in [0.717, 1.165) is 18.3 Å². The first-order valence-electron chi connectivity index (χ1n) is 6.12. The van der Waals surface area contributed by atoms with Crippen molar-refractivity contribution in [2.75, 3.05) is 5.32 Å². The maximum Gasteiger partial charge on any atom is 0.350 e. The zero-order chi connectivity index (χ0) is 16.5. The number of anilines is 1. The lowest BCUT2D eigenvalue weighted by Crippen LogP contribution is -2.42. The van der Waals surface area contributed by atoms with Gasteiger partial charge in [-0.05, 0) is 12.1 Å². The second-order valence-electron chi connectivity index (χ2n) is 4.82. The van der Waals surface area contributed by atoms with Gasteiger partial charge in [0, 0.05) is 25.6 Å². The number of carbonyl (C=O) groups is 3. The Labute approximate surface area is 123 Å². The van der Waals surface area contributed by atoms with Crippen molar-refractivity contribution in [2.45, 2.75) is 19.6 Å². The fourth-order valence-electron chi connectivity index (χ4n) is 1.73. The second kappa shape index (κ2) is 5.55. The lowest BCUT2D eigenvalue weighted by atomic mass is 10.1. The van der Waals surface area contributed by atoms with Gasteiger partial charge in [0.15, 0.2) is 23.5 Å². The Bertz CT molecular complexity index is 675. The number of hydrogen-bond donors (Lipinski definition) is 1. The van der Waals surface area contributed by atoms with E-state index in [9.17, 15) is 23.2 Å². The lowest BCUT2D eigenvalue weighted by Gasteiger charge is -2.29. The minimum absolute atomic E-state index is 0.186. The Hall–Kier alpha value is -2.77. The lowest BCUT2D eigenvalue weighted by molar-refractivity contribution is -0.222. The van der Waals surface area contributed by atoms with E-state index in [1.165, 1.54) is 13.8 Å². The molecule has 0 spiro atoms. The average molecular weight is 311 g/mol. The van der Waals surface area contributed by atoms with E-state index in [2.05, 4.69) is 5.32 Å². The highest BCUT2D eigenvalue weighted by atomic mass is 19.2. The van der Waals surface area contributed by atoms with Crippen LogP contribution in [0.3, 0.4) is 0 Å². The summed E-state index contributed by atoms with van der Waals surface area (Å²) in [4.78, 5) is 34.2. The van der Waals surface area contributed by atoms with Crippen LogP contribution in [0.2, 0.25) is 0 Å². The molecule has 1 N–H and O–H groups in total. The molecule has 1 saturated heterocycles. The summed E-state index contributed by atoms with van der Waals surface area (Å²) >= 11 is 0. The van der Waals surface area contributed by atoms with Crippen molar-refractivity contribution in [3.05, 3.63) is 41.1 Å². The van der Waals surface area contributed by atoms with Gasteiger partial charge in [-0.1, -0.05) is 0 Å². The summed E-state index contributed by atoms with van der Waals surface area (Å²) in [5.41, 5.74) is -1.23. The van der Waals surface area contributed by atoms with E-state index in [0.29, 0.717) is 6.29 Å². The van der Waals surface area contributed by atoms with E-state index < -0.39 is 40.6 Å². The molecule has 0 bridgehead atoms.